The first-order chi connectivity index (χ1) is 7.91. The summed E-state index contributed by atoms with van der Waals surface area (Å²) in [5.74, 6) is -1.35. The van der Waals surface area contributed by atoms with Crippen molar-refractivity contribution in [1.82, 2.24) is 4.72 Å². The molecular formula is C10H21NO5S. The minimum absolute atomic E-state index is 0.200. The van der Waals surface area contributed by atoms with Gasteiger partial charge in [-0.1, -0.05) is 13.3 Å². The largest absolute Gasteiger partial charge is 0.480 e. The van der Waals surface area contributed by atoms with Gasteiger partial charge in [-0.3, -0.25) is 4.79 Å². The number of rotatable bonds is 10. The molecule has 0 rings (SSSR count). The number of sulfonamides is 1. The second kappa shape index (κ2) is 8.43. The predicted molar refractivity (Wildman–Crippen MR) is 64.4 cm³/mol. The van der Waals surface area contributed by atoms with Gasteiger partial charge in [0, 0.05) is 19.8 Å². The van der Waals surface area contributed by atoms with Crippen LogP contribution in [0.15, 0.2) is 0 Å². The molecule has 1 unspecified atom stereocenters. The van der Waals surface area contributed by atoms with E-state index in [1.54, 1.807) is 0 Å². The number of carbonyl (C=O) groups is 1. The molecule has 17 heavy (non-hydrogen) atoms. The summed E-state index contributed by atoms with van der Waals surface area (Å²) in [7, 11) is -3.76. The van der Waals surface area contributed by atoms with Gasteiger partial charge in [0.15, 0.2) is 5.25 Å². The fourth-order valence-corrected chi connectivity index (χ4v) is 1.94. The zero-order valence-corrected chi connectivity index (χ0v) is 11.1. The quantitative estimate of drug-likeness (QED) is 0.565. The lowest BCUT2D eigenvalue weighted by Gasteiger charge is -2.10. The topological polar surface area (TPSA) is 92.7 Å². The molecule has 6 nitrogen and oxygen atoms in total. The average molecular weight is 267 g/mol. The molecule has 0 saturated carbocycles. The highest BCUT2D eigenvalue weighted by molar-refractivity contribution is 7.90. The summed E-state index contributed by atoms with van der Waals surface area (Å²) in [6, 6.07) is 0. The van der Waals surface area contributed by atoms with E-state index in [4.69, 9.17) is 9.84 Å². The summed E-state index contributed by atoms with van der Waals surface area (Å²) in [6.45, 7) is 4.55. The van der Waals surface area contributed by atoms with E-state index >= 15 is 0 Å². The van der Waals surface area contributed by atoms with Gasteiger partial charge in [-0.05, 0) is 19.8 Å². The first kappa shape index (κ1) is 16.3. The molecule has 0 saturated heterocycles. The number of ether oxygens (including phenoxy) is 1. The van der Waals surface area contributed by atoms with Gasteiger partial charge in [-0.25, -0.2) is 13.1 Å². The minimum atomic E-state index is -3.76. The zero-order chi connectivity index (χ0) is 13.3. The maximum absolute atomic E-state index is 11.4. The van der Waals surface area contributed by atoms with Crippen molar-refractivity contribution in [2.24, 2.45) is 0 Å². The summed E-state index contributed by atoms with van der Waals surface area (Å²) >= 11 is 0. The van der Waals surface area contributed by atoms with Crippen LogP contribution in [0, 0.1) is 0 Å². The van der Waals surface area contributed by atoms with Crippen LogP contribution in [0.5, 0.6) is 0 Å². The molecule has 1 atom stereocenters. The summed E-state index contributed by atoms with van der Waals surface area (Å²) in [6.07, 6.45) is 2.58. The second-order valence-electron chi connectivity index (χ2n) is 3.74. The van der Waals surface area contributed by atoms with E-state index in [1.165, 1.54) is 0 Å². The van der Waals surface area contributed by atoms with Crippen LogP contribution in [-0.2, 0) is 19.6 Å². The number of carboxylic acids is 1. The SMILES string of the molecule is CCCCOCCCNS(=O)(=O)C(C)C(=O)O. The third kappa shape index (κ3) is 7.30. The van der Waals surface area contributed by atoms with Crippen molar-refractivity contribution in [3.05, 3.63) is 0 Å². The van der Waals surface area contributed by atoms with E-state index in [2.05, 4.69) is 11.6 Å². The third-order valence-corrected chi connectivity index (χ3v) is 3.96. The molecule has 0 aromatic carbocycles. The Hall–Kier alpha value is -0.660. The Morgan fingerprint density at radius 1 is 1.35 bits per heavy atom. The second-order valence-corrected chi connectivity index (χ2v) is 5.83. The molecule has 0 aliphatic heterocycles. The van der Waals surface area contributed by atoms with Crippen LogP contribution < -0.4 is 4.72 Å². The summed E-state index contributed by atoms with van der Waals surface area (Å²) < 4.78 is 30.2. The highest BCUT2D eigenvalue weighted by atomic mass is 32.2. The smallest absolute Gasteiger partial charge is 0.323 e. The molecule has 0 fully saturated rings. The molecule has 0 spiro atoms. The Morgan fingerprint density at radius 3 is 2.47 bits per heavy atom. The van der Waals surface area contributed by atoms with E-state index in [9.17, 15) is 13.2 Å². The van der Waals surface area contributed by atoms with Gasteiger partial charge in [0.05, 0.1) is 0 Å². The Bertz CT molecular complexity index is 315. The maximum atomic E-state index is 11.4. The molecule has 0 aliphatic carbocycles. The number of hydrogen-bond donors (Lipinski definition) is 2. The number of hydrogen-bond acceptors (Lipinski definition) is 4. The standard InChI is InChI=1S/C10H21NO5S/c1-3-4-7-16-8-5-6-11-17(14,15)9(2)10(12)13/h9,11H,3-8H2,1-2H3,(H,12,13). The Morgan fingerprint density at radius 2 is 1.94 bits per heavy atom. The minimum Gasteiger partial charge on any atom is -0.480 e. The van der Waals surface area contributed by atoms with Crippen LogP contribution in [0.25, 0.3) is 0 Å². The van der Waals surface area contributed by atoms with Crippen molar-refractivity contribution in [1.29, 1.82) is 0 Å². The fraction of sp³-hybridized carbons (Fsp3) is 0.900. The van der Waals surface area contributed by atoms with Crippen molar-refractivity contribution in [2.75, 3.05) is 19.8 Å². The van der Waals surface area contributed by atoms with E-state index in [-0.39, 0.29) is 6.54 Å². The van der Waals surface area contributed by atoms with Crippen molar-refractivity contribution in [3.63, 3.8) is 0 Å². The summed E-state index contributed by atoms with van der Waals surface area (Å²) in [5.41, 5.74) is 0. The van der Waals surface area contributed by atoms with Crippen molar-refractivity contribution in [2.45, 2.75) is 38.4 Å². The van der Waals surface area contributed by atoms with Crippen molar-refractivity contribution < 1.29 is 23.1 Å². The highest BCUT2D eigenvalue weighted by Crippen LogP contribution is 1.98. The Balaban J connectivity index is 3.70. The van der Waals surface area contributed by atoms with E-state index < -0.39 is 21.2 Å². The molecule has 0 heterocycles. The van der Waals surface area contributed by atoms with Gasteiger partial charge in [0.2, 0.25) is 10.0 Å². The maximum Gasteiger partial charge on any atom is 0.323 e. The number of unbranched alkanes of at least 4 members (excludes halogenated alkanes) is 1. The van der Waals surface area contributed by atoms with E-state index in [1.807, 2.05) is 0 Å². The highest BCUT2D eigenvalue weighted by Gasteiger charge is 2.26. The Labute approximate surface area is 102 Å². The van der Waals surface area contributed by atoms with Gasteiger partial charge in [-0.2, -0.15) is 0 Å². The van der Waals surface area contributed by atoms with Gasteiger partial charge in [-0.15, -0.1) is 0 Å². The van der Waals surface area contributed by atoms with Crippen LogP contribution in [0.1, 0.15) is 33.1 Å². The van der Waals surface area contributed by atoms with Crippen LogP contribution in [0.4, 0.5) is 0 Å². The van der Waals surface area contributed by atoms with Crippen LogP contribution in [0.2, 0.25) is 0 Å². The molecule has 7 heteroatoms. The van der Waals surface area contributed by atoms with Crippen LogP contribution >= 0.6 is 0 Å². The average Bonchev–Trinajstić information content (AvgIpc) is 2.26. The van der Waals surface area contributed by atoms with Gasteiger partial charge >= 0.3 is 5.97 Å². The number of aliphatic carboxylic acids is 1. The molecule has 0 aromatic rings. The van der Waals surface area contributed by atoms with Gasteiger partial charge in [0.1, 0.15) is 0 Å². The van der Waals surface area contributed by atoms with Crippen LogP contribution in [0.3, 0.4) is 0 Å². The Kier molecular flexibility index (Phi) is 8.11. The molecule has 0 bridgehead atoms. The van der Waals surface area contributed by atoms with Crippen molar-refractivity contribution in [3.8, 4) is 0 Å². The van der Waals surface area contributed by atoms with Gasteiger partial charge < -0.3 is 9.84 Å². The van der Waals surface area contributed by atoms with Crippen LogP contribution in [-0.4, -0.2) is 44.5 Å². The third-order valence-electron chi connectivity index (χ3n) is 2.22. The van der Waals surface area contributed by atoms with Gasteiger partial charge in [0.25, 0.3) is 0 Å². The lowest BCUT2D eigenvalue weighted by atomic mass is 10.4. The number of nitrogens with one attached hydrogen (secondary N) is 1. The fourth-order valence-electron chi connectivity index (χ4n) is 0.995. The first-order valence-corrected chi connectivity index (χ1v) is 7.25. The molecule has 0 radical (unpaired) electrons. The molecular weight excluding hydrogens is 246 g/mol. The molecule has 102 valence electrons. The lowest BCUT2D eigenvalue weighted by molar-refractivity contribution is -0.136. The van der Waals surface area contributed by atoms with Crippen molar-refractivity contribution >= 4 is 16.0 Å². The normalized spacial score (nSPS) is 13.5. The molecule has 0 aromatic heterocycles. The molecule has 0 aliphatic rings. The van der Waals surface area contributed by atoms with E-state index in [0.717, 1.165) is 19.8 Å². The molecule has 0 amide bonds. The number of carboxylic acid groups (broad SMARTS) is 1. The molecule has 2 N–H and O–H groups in total. The van der Waals surface area contributed by atoms with E-state index in [0.29, 0.717) is 19.6 Å². The first-order valence-electron chi connectivity index (χ1n) is 5.70. The lowest BCUT2D eigenvalue weighted by Crippen LogP contribution is -2.38. The summed E-state index contributed by atoms with van der Waals surface area (Å²) in [4.78, 5) is 10.5. The monoisotopic (exact) mass is 267 g/mol. The summed E-state index contributed by atoms with van der Waals surface area (Å²) in [5, 5.41) is 7.15. The predicted octanol–water partition coefficient (Wildman–Crippen LogP) is 0.586. The zero-order valence-electron chi connectivity index (χ0n) is 10.3.